The Kier molecular flexibility index (Phi) is 4.58. The SMILES string of the molecule is O=CCOC1O[C@H](CO)[C@@H](O)[C@H](O)[C@@H]1O. The quantitative estimate of drug-likeness (QED) is 0.374. The van der Waals surface area contributed by atoms with Crippen molar-refractivity contribution in [1.82, 2.24) is 0 Å². The summed E-state index contributed by atoms with van der Waals surface area (Å²) in [5.41, 5.74) is 0. The summed E-state index contributed by atoms with van der Waals surface area (Å²) < 4.78 is 9.71. The Hall–Kier alpha value is -0.570. The Bertz CT molecular complexity index is 207. The minimum atomic E-state index is -1.48. The van der Waals surface area contributed by atoms with Crippen LogP contribution in [-0.2, 0) is 14.3 Å². The molecule has 0 aliphatic carbocycles. The van der Waals surface area contributed by atoms with Crippen LogP contribution in [0.4, 0.5) is 0 Å². The smallest absolute Gasteiger partial charge is 0.187 e. The zero-order valence-corrected chi connectivity index (χ0v) is 7.89. The highest BCUT2D eigenvalue weighted by atomic mass is 16.7. The van der Waals surface area contributed by atoms with E-state index in [1.807, 2.05) is 0 Å². The summed E-state index contributed by atoms with van der Waals surface area (Å²) in [5, 5.41) is 36.9. The molecule has 0 spiro atoms. The van der Waals surface area contributed by atoms with Gasteiger partial charge in [-0.25, -0.2) is 0 Å². The van der Waals surface area contributed by atoms with Crippen molar-refractivity contribution in [3.8, 4) is 0 Å². The minimum Gasteiger partial charge on any atom is -0.394 e. The van der Waals surface area contributed by atoms with Gasteiger partial charge in [-0.05, 0) is 0 Å². The third-order valence-electron chi connectivity index (χ3n) is 2.18. The van der Waals surface area contributed by atoms with Gasteiger partial charge in [-0.2, -0.15) is 0 Å². The number of carbonyl (C=O) groups excluding carboxylic acids is 1. The number of aldehydes is 1. The van der Waals surface area contributed by atoms with Crippen molar-refractivity contribution in [3.05, 3.63) is 0 Å². The maximum absolute atomic E-state index is 10.0. The topological polar surface area (TPSA) is 116 Å². The Morgan fingerprint density at radius 2 is 1.87 bits per heavy atom. The molecule has 15 heavy (non-hydrogen) atoms. The van der Waals surface area contributed by atoms with Crippen LogP contribution < -0.4 is 0 Å². The van der Waals surface area contributed by atoms with Gasteiger partial charge in [-0.3, -0.25) is 0 Å². The summed E-state index contributed by atoms with van der Waals surface area (Å²) in [6.07, 6.45) is -6.14. The lowest BCUT2D eigenvalue weighted by molar-refractivity contribution is -0.298. The van der Waals surface area contributed by atoms with Gasteiger partial charge in [0, 0.05) is 0 Å². The molecule has 0 saturated carbocycles. The van der Waals surface area contributed by atoms with Crippen molar-refractivity contribution in [2.45, 2.75) is 30.7 Å². The first-order valence-electron chi connectivity index (χ1n) is 4.47. The van der Waals surface area contributed by atoms with Crippen LogP contribution in [-0.4, -0.2) is 70.6 Å². The molecule has 0 aromatic carbocycles. The van der Waals surface area contributed by atoms with E-state index in [0.29, 0.717) is 6.29 Å². The van der Waals surface area contributed by atoms with Gasteiger partial charge >= 0.3 is 0 Å². The molecule has 1 aliphatic heterocycles. The minimum absolute atomic E-state index is 0.303. The summed E-state index contributed by atoms with van der Waals surface area (Å²) >= 11 is 0. The molecule has 1 rings (SSSR count). The summed E-state index contributed by atoms with van der Waals surface area (Å²) in [6.45, 7) is -0.825. The van der Waals surface area contributed by atoms with Crippen LogP contribution in [0.3, 0.4) is 0 Å². The molecule has 1 aliphatic rings. The van der Waals surface area contributed by atoms with Crippen LogP contribution in [0.1, 0.15) is 0 Å². The summed E-state index contributed by atoms with van der Waals surface area (Å²) in [4.78, 5) is 10.0. The molecule has 88 valence electrons. The molecule has 1 fully saturated rings. The summed E-state index contributed by atoms with van der Waals surface area (Å²) in [5.74, 6) is 0. The number of hydrogen-bond acceptors (Lipinski definition) is 7. The molecular weight excluding hydrogens is 208 g/mol. The van der Waals surface area contributed by atoms with Gasteiger partial charge < -0.3 is 34.7 Å². The highest BCUT2D eigenvalue weighted by Gasteiger charge is 2.43. The highest BCUT2D eigenvalue weighted by Crippen LogP contribution is 2.21. The number of ether oxygens (including phenoxy) is 2. The largest absolute Gasteiger partial charge is 0.394 e. The maximum Gasteiger partial charge on any atom is 0.187 e. The van der Waals surface area contributed by atoms with Crippen LogP contribution in [0.5, 0.6) is 0 Å². The van der Waals surface area contributed by atoms with Crippen molar-refractivity contribution in [2.75, 3.05) is 13.2 Å². The second-order valence-corrected chi connectivity index (χ2v) is 3.20. The Labute approximate surface area is 85.9 Å². The molecule has 1 unspecified atom stereocenters. The fraction of sp³-hybridized carbons (Fsp3) is 0.875. The van der Waals surface area contributed by atoms with E-state index in [4.69, 9.17) is 14.6 Å². The van der Waals surface area contributed by atoms with Crippen LogP contribution in [0, 0.1) is 0 Å². The number of carbonyl (C=O) groups is 1. The lowest BCUT2D eigenvalue weighted by atomic mass is 9.99. The van der Waals surface area contributed by atoms with Gasteiger partial charge in [0.25, 0.3) is 0 Å². The number of hydrogen-bond donors (Lipinski definition) is 4. The fourth-order valence-corrected chi connectivity index (χ4v) is 1.34. The molecule has 0 bridgehead atoms. The third kappa shape index (κ3) is 2.71. The Morgan fingerprint density at radius 3 is 2.40 bits per heavy atom. The highest BCUT2D eigenvalue weighted by molar-refractivity contribution is 5.50. The molecule has 1 heterocycles. The van der Waals surface area contributed by atoms with Gasteiger partial charge in [0.05, 0.1) is 6.61 Å². The number of aliphatic hydroxyl groups is 4. The predicted molar refractivity (Wildman–Crippen MR) is 45.8 cm³/mol. The van der Waals surface area contributed by atoms with Gasteiger partial charge in [0.2, 0.25) is 0 Å². The molecular formula is C8H14O7. The second kappa shape index (κ2) is 5.50. The average molecular weight is 222 g/mol. The fourth-order valence-electron chi connectivity index (χ4n) is 1.34. The van der Waals surface area contributed by atoms with Gasteiger partial charge in [0.15, 0.2) is 6.29 Å². The molecule has 1 saturated heterocycles. The molecule has 0 radical (unpaired) electrons. The average Bonchev–Trinajstić information content (AvgIpc) is 2.25. The van der Waals surface area contributed by atoms with E-state index in [1.54, 1.807) is 0 Å². The first-order chi connectivity index (χ1) is 7.11. The van der Waals surface area contributed by atoms with E-state index < -0.39 is 37.3 Å². The van der Waals surface area contributed by atoms with E-state index >= 15 is 0 Å². The van der Waals surface area contributed by atoms with Crippen molar-refractivity contribution < 1.29 is 34.7 Å². The van der Waals surface area contributed by atoms with Crippen molar-refractivity contribution in [3.63, 3.8) is 0 Å². The van der Waals surface area contributed by atoms with E-state index in [1.165, 1.54) is 0 Å². The zero-order chi connectivity index (χ0) is 11.4. The van der Waals surface area contributed by atoms with Gasteiger partial charge in [-0.1, -0.05) is 0 Å². The first-order valence-corrected chi connectivity index (χ1v) is 4.47. The Morgan fingerprint density at radius 1 is 1.20 bits per heavy atom. The third-order valence-corrected chi connectivity index (χ3v) is 2.18. The lowest BCUT2D eigenvalue weighted by Gasteiger charge is -2.39. The maximum atomic E-state index is 10.0. The molecule has 0 aromatic heterocycles. The van der Waals surface area contributed by atoms with Gasteiger partial charge in [0.1, 0.15) is 37.3 Å². The van der Waals surface area contributed by atoms with Crippen molar-refractivity contribution in [2.24, 2.45) is 0 Å². The van der Waals surface area contributed by atoms with E-state index in [0.717, 1.165) is 0 Å². The van der Waals surface area contributed by atoms with E-state index in [-0.39, 0.29) is 6.61 Å². The van der Waals surface area contributed by atoms with Crippen LogP contribution in [0.2, 0.25) is 0 Å². The summed E-state index contributed by atoms with van der Waals surface area (Å²) in [7, 11) is 0. The zero-order valence-electron chi connectivity index (χ0n) is 7.89. The van der Waals surface area contributed by atoms with Crippen molar-refractivity contribution in [1.29, 1.82) is 0 Å². The van der Waals surface area contributed by atoms with E-state index in [2.05, 4.69) is 0 Å². The number of aliphatic hydroxyl groups excluding tert-OH is 4. The predicted octanol–water partition coefficient (Wildman–Crippen LogP) is -3.00. The van der Waals surface area contributed by atoms with Crippen LogP contribution >= 0.6 is 0 Å². The number of rotatable bonds is 4. The molecule has 0 aromatic rings. The standard InChI is InChI=1S/C8H14O7/c9-1-2-14-8-7(13)6(12)5(11)4(3-10)15-8/h1,4-8,10-13H,2-3H2/t4-,5-,6+,7+,8?/m1/s1. The van der Waals surface area contributed by atoms with Crippen LogP contribution in [0.15, 0.2) is 0 Å². The Balaban J connectivity index is 2.60. The molecule has 0 amide bonds. The van der Waals surface area contributed by atoms with E-state index in [9.17, 15) is 20.1 Å². The van der Waals surface area contributed by atoms with Crippen molar-refractivity contribution >= 4 is 6.29 Å². The normalized spacial score (nSPS) is 41.5. The lowest BCUT2D eigenvalue weighted by Crippen LogP contribution is -2.59. The molecule has 5 atom stereocenters. The second-order valence-electron chi connectivity index (χ2n) is 3.20. The summed E-state index contributed by atoms with van der Waals surface area (Å²) in [6, 6.07) is 0. The van der Waals surface area contributed by atoms with Gasteiger partial charge in [-0.15, -0.1) is 0 Å². The molecule has 4 N–H and O–H groups in total. The first kappa shape index (κ1) is 12.5. The monoisotopic (exact) mass is 222 g/mol. The molecule has 7 heteroatoms. The van der Waals surface area contributed by atoms with Crippen LogP contribution in [0.25, 0.3) is 0 Å². The molecule has 7 nitrogen and oxygen atoms in total.